The van der Waals surface area contributed by atoms with Crippen molar-refractivity contribution in [3.8, 4) is 0 Å². The minimum atomic E-state index is -0.792. The number of hydrogen-bond donors (Lipinski definition) is 1. The molecule has 0 saturated carbocycles. The van der Waals surface area contributed by atoms with Gasteiger partial charge in [0.05, 0.1) is 5.92 Å². The van der Waals surface area contributed by atoms with Gasteiger partial charge in [0.15, 0.2) is 0 Å². The van der Waals surface area contributed by atoms with Gasteiger partial charge in [-0.2, -0.15) is 0 Å². The van der Waals surface area contributed by atoms with Crippen LogP contribution in [0.2, 0.25) is 0 Å². The predicted molar refractivity (Wildman–Crippen MR) is 76.5 cm³/mol. The van der Waals surface area contributed by atoms with E-state index in [-0.39, 0.29) is 0 Å². The predicted octanol–water partition coefficient (Wildman–Crippen LogP) is 3.52. The Hall–Kier alpha value is -2.29. The minimum Gasteiger partial charge on any atom is -0.481 e. The molecule has 0 spiro atoms. The summed E-state index contributed by atoms with van der Waals surface area (Å²) in [5.41, 5.74) is 3.14. The minimum absolute atomic E-state index is 0.483. The lowest BCUT2D eigenvalue weighted by Gasteiger charge is -2.06. The van der Waals surface area contributed by atoms with Gasteiger partial charge in [-0.15, -0.1) is 0 Å². The summed E-state index contributed by atoms with van der Waals surface area (Å²) < 4.78 is 2.14. The van der Waals surface area contributed by atoms with Crippen molar-refractivity contribution in [2.75, 3.05) is 0 Å². The average Bonchev–Trinajstić information content (AvgIpc) is 2.72. The Morgan fingerprint density at radius 1 is 1.11 bits per heavy atom. The van der Waals surface area contributed by atoms with E-state index in [4.69, 9.17) is 5.11 Å². The van der Waals surface area contributed by atoms with Crippen molar-refractivity contribution in [3.05, 3.63) is 48.0 Å². The number of aliphatic carboxylic acids is 1. The number of carboxylic acids is 1. The average molecular weight is 253 g/mol. The largest absolute Gasteiger partial charge is 0.481 e. The summed E-state index contributed by atoms with van der Waals surface area (Å²) in [4.78, 5) is 11.1. The molecule has 1 N–H and O–H groups in total. The van der Waals surface area contributed by atoms with Gasteiger partial charge in [-0.25, -0.2) is 0 Å². The van der Waals surface area contributed by atoms with Crippen LogP contribution in [0.25, 0.3) is 21.8 Å². The maximum Gasteiger partial charge on any atom is 0.310 e. The summed E-state index contributed by atoms with van der Waals surface area (Å²) in [7, 11) is 2.03. The normalized spacial score (nSPS) is 12.9. The molecule has 3 nitrogen and oxygen atoms in total. The molecule has 0 bridgehead atoms. The molecule has 0 aliphatic rings. The Morgan fingerprint density at radius 3 is 2.53 bits per heavy atom. The molecule has 0 fully saturated rings. The molecule has 3 heteroatoms. The summed E-state index contributed by atoms with van der Waals surface area (Å²) in [6, 6.07) is 14.1. The van der Waals surface area contributed by atoms with Crippen molar-refractivity contribution in [1.29, 1.82) is 0 Å². The van der Waals surface area contributed by atoms with Gasteiger partial charge in [-0.05, 0) is 30.7 Å². The number of aromatic nitrogens is 1. The quantitative estimate of drug-likeness (QED) is 0.759. The second-order valence-electron chi connectivity index (χ2n) is 4.91. The molecular formula is C16H15NO2. The SMILES string of the molecule is CC(C(=O)O)c1ccc2c(c1)c1ccccc1n2C. The number of para-hydroxylation sites is 1. The first kappa shape index (κ1) is 11.8. The van der Waals surface area contributed by atoms with Crippen LogP contribution in [0.1, 0.15) is 18.4 Å². The molecule has 19 heavy (non-hydrogen) atoms. The first-order chi connectivity index (χ1) is 9.09. The van der Waals surface area contributed by atoms with Crippen molar-refractivity contribution < 1.29 is 9.90 Å². The zero-order chi connectivity index (χ0) is 13.6. The van der Waals surface area contributed by atoms with Crippen molar-refractivity contribution in [3.63, 3.8) is 0 Å². The van der Waals surface area contributed by atoms with E-state index in [1.54, 1.807) is 6.92 Å². The molecule has 0 saturated heterocycles. The highest BCUT2D eigenvalue weighted by molar-refractivity contribution is 6.08. The van der Waals surface area contributed by atoms with Gasteiger partial charge in [0.25, 0.3) is 0 Å². The summed E-state index contributed by atoms with van der Waals surface area (Å²) in [6.07, 6.45) is 0. The van der Waals surface area contributed by atoms with E-state index < -0.39 is 11.9 Å². The van der Waals surface area contributed by atoms with Crippen molar-refractivity contribution in [1.82, 2.24) is 4.57 Å². The van der Waals surface area contributed by atoms with E-state index in [1.165, 1.54) is 5.39 Å². The maximum atomic E-state index is 11.1. The topological polar surface area (TPSA) is 42.2 Å². The molecule has 2 aromatic carbocycles. The molecule has 1 unspecified atom stereocenters. The number of nitrogens with zero attached hydrogens (tertiary/aromatic N) is 1. The number of carbonyl (C=O) groups is 1. The smallest absolute Gasteiger partial charge is 0.310 e. The van der Waals surface area contributed by atoms with Crippen LogP contribution < -0.4 is 0 Å². The van der Waals surface area contributed by atoms with Gasteiger partial charge in [0.1, 0.15) is 0 Å². The van der Waals surface area contributed by atoms with Gasteiger partial charge in [-0.1, -0.05) is 24.3 Å². The fourth-order valence-corrected chi connectivity index (χ4v) is 2.60. The molecule has 3 aromatic rings. The van der Waals surface area contributed by atoms with Crippen LogP contribution in [0.4, 0.5) is 0 Å². The van der Waals surface area contributed by atoms with E-state index in [9.17, 15) is 4.79 Å². The van der Waals surface area contributed by atoms with Crippen molar-refractivity contribution >= 4 is 27.8 Å². The first-order valence-corrected chi connectivity index (χ1v) is 6.29. The lowest BCUT2D eigenvalue weighted by Crippen LogP contribution is -2.07. The van der Waals surface area contributed by atoms with Gasteiger partial charge >= 0.3 is 5.97 Å². The summed E-state index contributed by atoms with van der Waals surface area (Å²) in [6.45, 7) is 1.72. The summed E-state index contributed by atoms with van der Waals surface area (Å²) >= 11 is 0. The zero-order valence-electron chi connectivity index (χ0n) is 10.9. The lowest BCUT2D eigenvalue weighted by molar-refractivity contribution is -0.138. The van der Waals surface area contributed by atoms with Crippen molar-refractivity contribution in [2.24, 2.45) is 7.05 Å². The Balaban J connectivity index is 2.34. The number of aryl methyl sites for hydroxylation is 1. The summed E-state index contributed by atoms with van der Waals surface area (Å²) in [5.74, 6) is -1.28. The monoisotopic (exact) mass is 253 g/mol. The van der Waals surface area contributed by atoms with Gasteiger partial charge in [0, 0.05) is 28.9 Å². The highest BCUT2D eigenvalue weighted by Gasteiger charge is 2.15. The number of hydrogen-bond acceptors (Lipinski definition) is 1. The highest BCUT2D eigenvalue weighted by Crippen LogP contribution is 2.30. The second kappa shape index (κ2) is 4.12. The second-order valence-corrected chi connectivity index (χ2v) is 4.91. The third kappa shape index (κ3) is 1.70. The molecule has 1 aromatic heterocycles. The number of benzene rings is 2. The van der Waals surface area contributed by atoms with Crippen LogP contribution in [-0.2, 0) is 11.8 Å². The number of fused-ring (bicyclic) bond motifs is 3. The number of carboxylic acid groups (broad SMARTS) is 1. The Bertz CT molecular complexity index is 786. The van der Waals surface area contributed by atoms with Gasteiger partial charge in [0.2, 0.25) is 0 Å². The zero-order valence-corrected chi connectivity index (χ0v) is 10.9. The third-order valence-electron chi connectivity index (χ3n) is 3.81. The Kier molecular flexibility index (Phi) is 2.56. The Morgan fingerprint density at radius 2 is 1.79 bits per heavy atom. The third-order valence-corrected chi connectivity index (χ3v) is 3.81. The maximum absolute atomic E-state index is 11.1. The van der Waals surface area contributed by atoms with Crippen LogP contribution in [0.5, 0.6) is 0 Å². The van der Waals surface area contributed by atoms with E-state index in [0.29, 0.717) is 0 Å². The van der Waals surface area contributed by atoms with E-state index in [1.807, 2.05) is 37.4 Å². The van der Waals surface area contributed by atoms with E-state index in [2.05, 4.69) is 16.7 Å². The lowest BCUT2D eigenvalue weighted by atomic mass is 9.99. The standard InChI is InChI=1S/C16H15NO2/c1-10(16(18)19)11-7-8-15-13(9-11)12-5-3-4-6-14(12)17(15)2/h3-10H,1-2H3,(H,18,19). The first-order valence-electron chi connectivity index (χ1n) is 6.29. The molecule has 3 rings (SSSR count). The summed E-state index contributed by atoms with van der Waals surface area (Å²) in [5, 5.41) is 11.4. The molecule has 0 amide bonds. The van der Waals surface area contributed by atoms with Crippen LogP contribution in [0.3, 0.4) is 0 Å². The molecule has 1 atom stereocenters. The molecule has 0 aliphatic heterocycles. The van der Waals surface area contributed by atoms with E-state index >= 15 is 0 Å². The van der Waals surface area contributed by atoms with Crippen LogP contribution in [-0.4, -0.2) is 15.6 Å². The highest BCUT2D eigenvalue weighted by atomic mass is 16.4. The van der Waals surface area contributed by atoms with Gasteiger partial charge in [-0.3, -0.25) is 4.79 Å². The molecule has 96 valence electrons. The molecular weight excluding hydrogens is 238 g/mol. The fourth-order valence-electron chi connectivity index (χ4n) is 2.60. The van der Waals surface area contributed by atoms with Crippen LogP contribution in [0.15, 0.2) is 42.5 Å². The molecule has 0 radical (unpaired) electrons. The van der Waals surface area contributed by atoms with Crippen LogP contribution in [0, 0.1) is 0 Å². The van der Waals surface area contributed by atoms with E-state index in [0.717, 1.165) is 22.0 Å². The molecule has 0 aliphatic carbocycles. The Labute approximate surface area is 111 Å². The number of rotatable bonds is 2. The molecule has 1 heterocycles. The van der Waals surface area contributed by atoms with Crippen LogP contribution >= 0.6 is 0 Å². The fraction of sp³-hybridized carbons (Fsp3) is 0.188. The van der Waals surface area contributed by atoms with Crippen molar-refractivity contribution in [2.45, 2.75) is 12.8 Å². The van der Waals surface area contributed by atoms with Gasteiger partial charge < -0.3 is 9.67 Å².